The van der Waals surface area contributed by atoms with Gasteiger partial charge in [0.1, 0.15) is 0 Å². The molecule has 86 valence electrons. The summed E-state index contributed by atoms with van der Waals surface area (Å²) in [6.07, 6.45) is 3.90. The van der Waals surface area contributed by atoms with Crippen molar-refractivity contribution in [3.05, 3.63) is 23.8 Å². The van der Waals surface area contributed by atoms with E-state index >= 15 is 0 Å². The van der Waals surface area contributed by atoms with Crippen LogP contribution in [-0.2, 0) is 9.59 Å². The molecule has 0 atom stereocenters. The fourth-order valence-electron chi connectivity index (χ4n) is 2.20. The minimum atomic E-state index is -2.60. The highest BCUT2D eigenvalue weighted by atomic mass is 19.3. The van der Waals surface area contributed by atoms with Crippen molar-refractivity contribution in [1.29, 1.82) is 0 Å². The highest BCUT2D eigenvalue weighted by Gasteiger charge is 2.37. The quantitative estimate of drug-likeness (QED) is 0.643. The van der Waals surface area contributed by atoms with Crippen molar-refractivity contribution < 1.29 is 18.4 Å². The average molecular weight is 226 g/mol. The Hall–Kier alpha value is -1.32. The molecular weight excluding hydrogens is 214 g/mol. The van der Waals surface area contributed by atoms with Gasteiger partial charge in [0.05, 0.1) is 0 Å². The topological polar surface area (TPSA) is 34.1 Å². The van der Waals surface area contributed by atoms with Gasteiger partial charge in [-0.1, -0.05) is 0 Å². The maximum Gasteiger partial charge on any atom is 0.248 e. The Bertz CT molecular complexity index is 384. The molecule has 0 saturated heterocycles. The largest absolute Gasteiger partial charge is 0.290 e. The van der Waals surface area contributed by atoms with Crippen LogP contribution >= 0.6 is 0 Å². The Labute approximate surface area is 92.0 Å². The van der Waals surface area contributed by atoms with Crippen molar-refractivity contribution in [1.82, 2.24) is 0 Å². The second-order valence-corrected chi connectivity index (χ2v) is 4.33. The Kier molecular flexibility index (Phi) is 2.74. The summed E-state index contributed by atoms with van der Waals surface area (Å²) >= 11 is 0. The highest BCUT2D eigenvalue weighted by Crippen LogP contribution is 2.39. The third-order valence-electron chi connectivity index (χ3n) is 3.14. The van der Waals surface area contributed by atoms with Gasteiger partial charge in [0.25, 0.3) is 0 Å². The summed E-state index contributed by atoms with van der Waals surface area (Å²) in [6, 6.07) is 0. The predicted molar refractivity (Wildman–Crippen MR) is 54.1 cm³/mol. The zero-order valence-electron chi connectivity index (χ0n) is 8.71. The van der Waals surface area contributed by atoms with Gasteiger partial charge in [-0.25, -0.2) is 8.78 Å². The van der Waals surface area contributed by atoms with Crippen LogP contribution < -0.4 is 0 Å². The standard InChI is InChI=1S/C12H12F2O2/c13-12(14)5-3-8(4-6-12)10-7-9(15)1-2-11(10)16/h1-2,7-8H,3-6H2. The van der Waals surface area contributed by atoms with Crippen molar-refractivity contribution in [3.8, 4) is 0 Å². The van der Waals surface area contributed by atoms with E-state index in [1.807, 2.05) is 0 Å². The predicted octanol–water partition coefficient (Wildman–Crippen LogP) is 2.45. The molecule has 1 saturated carbocycles. The molecule has 0 unspecified atom stereocenters. The normalized spacial score (nSPS) is 25.8. The smallest absolute Gasteiger partial charge is 0.248 e. The fourth-order valence-corrected chi connectivity index (χ4v) is 2.20. The zero-order chi connectivity index (χ0) is 11.8. The monoisotopic (exact) mass is 226 g/mol. The molecule has 2 aliphatic carbocycles. The van der Waals surface area contributed by atoms with Crippen LogP contribution in [0.1, 0.15) is 25.7 Å². The molecule has 0 aromatic carbocycles. The summed E-state index contributed by atoms with van der Waals surface area (Å²) in [5, 5.41) is 0. The molecule has 2 nitrogen and oxygen atoms in total. The van der Waals surface area contributed by atoms with Crippen LogP contribution in [0.15, 0.2) is 23.8 Å². The molecule has 0 bridgehead atoms. The maximum absolute atomic E-state index is 12.9. The molecule has 2 rings (SSSR count). The third kappa shape index (κ3) is 2.26. The average Bonchev–Trinajstić information content (AvgIpc) is 2.22. The van der Waals surface area contributed by atoms with Crippen LogP contribution in [0.4, 0.5) is 8.78 Å². The van der Waals surface area contributed by atoms with Gasteiger partial charge in [-0.3, -0.25) is 9.59 Å². The summed E-state index contributed by atoms with van der Waals surface area (Å²) in [5.41, 5.74) is 0.406. The Morgan fingerprint density at radius 2 is 1.75 bits per heavy atom. The molecule has 16 heavy (non-hydrogen) atoms. The van der Waals surface area contributed by atoms with Gasteiger partial charge in [-0.05, 0) is 37.0 Å². The van der Waals surface area contributed by atoms with Crippen LogP contribution in [-0.4, -0.2) is 17.5 Å². The lowest BCUT2D eigenvalue weighted by molar-refractivity contribution is -0.115. The Morgan fingerprint density at radius 3 is 2.38 bits per heavy atom. The number of alkyl halides is 2. The van der Waals surface area contributed by atoms with E-state index in [1.165, 1.54) is 18.2 Å². The van der Waals surface area contributed by atoms with Gasteiger partial charge >= 0.3 is 0 Å². The molecule has 0 heterocycles. The van der Waals surface area contributed by atoms with E-state index in [0.717, 1.165) is 0 Å². The summed E-state index contributed by atoms with van der Waals surface area (Å²) < 4.78 is 25.9. The number of carbonyl (C=O) groups excluding carboxylic acids is 2. The van der Waals surface area contributed by atoms with E-state index in [0.29, 0.717) is 5.57 Å². The first-order valence-corrected chi connectivity index (χ1v) is 5.34. The van der Waals surface area contributed by atoms with Gasteiger partial charge in [0.15, 0.2) is 11.6 Å². The number of hydrogen-bond donors (Lipinski definition) is 0. The first-order valence-electron chi connectivity index (χ1n) is 5.34. The molecule has 2 aliphatic rings. The van der Waals surface area contributed by atoms with E-state index in [9.17, 15) is 18.4 Å². The van der Waals surface area contributed by atoms with Crippen molar-refractivity contribution >= 4 is 11.6 Å². The summed E-state index contributed by atoms with van der Waals surface area (Å²) in [6.45, 7) is 0. The highest BCUT2D eigenvalue weighted by molar-refractivity contribution is 6.17. The summed E-state index contributed by atoms with van der Waals surface area (Å²) in [5.74, 6) is -3.22. The Morgan fingerprint density at radius 1 is 1.12 bits per heavy atom. The van der Waals surface area contributed by atoms with E-state index in [2.05, 4.69) is 0 Å². The number of rotatable bonds is 1. The lowest BCUT2D eigenvalue weighted by Crippen LogP contribution is -2.28. The Balaban J connectivity index is 2.09. The molecule has 0 aromatic heterocycles. The minimum Gasteiger partial charge on any atom is -0.290 e. The van der Waals surface area contributed by atoms with Gasteiger partial charge in [-0.2, -0.15) is 0 Å². The molecule has 0 aromatic rings. The molecule has 1 fully saturated rings. The first kappa shape index (κ1) is 11.2. The molecule has 0 spiro atoms. The van der Waals surface area contributed by atoms with Gasteiger partial charge in [0, 0.05) is 18.4 Å². The van der Waals surface area contributed by atoms with Gasteiger partial charge in [0.2, 0.25) is 5.92 Å². The van der Waals surface area contributed by atoms with E-state index in [1.54, 1.807) is 0 Å². The fraction of sp³-hybridized carbons (Fsp3) is 0.500. The van der Waals surface area contributed by atoms with Crippen LogP contribution in [0.5, 0.6) is 0 Å². The first-order chi connectivity index (χ1) is 7.48. The molecule has 0 amide bonds. The maximum atomic E-state index is 12.9. The molecular formula is C12H12F2O2. The summed E-state index contributed by atoms with van der Waals surface area (Å²) in [7, 11) is 0. The van der Waals surface area contributed by atoms with Gasteiger partial charge in [-0.15, -0.1) is 0 Å². The van der Waals surface area contributed by atoms with Crippen molar-refractivity contribution in [2.24, 2.45) is 5.92 Å². The van der Waals surface area contributed by atoms with Crippen molar-refractivity contribution in [3.63, 3.8) is 0 Å². The second kappa shape index (κ2) is 3.92. The van der Waals surface area contributed by atoms with E-state index < -0.39 is 5.92 Å². The summed E-state index contributed by atoms with van der Waals surface area (Å²) in [4.78, 5) is 22.6. The van der Waals surface area contributed by atoms with Crippen LogP contribution in [0.2, 0.25) is 0 Å². The van der Waals surface area contributed by atoms with E-state index in [-0.39, 0.29) is 43.2 Å². The number of halogens is 2. The second-order valence-electron chi connectivity index (χ2n) is 4.33. The number of allylic oxidation sites excluding steroid dienone is 4. The van der Waals surface area contributed by atoms with Crippen molar-refractivity contribution in [2.75, 3.05) is 0 Å². The number of hydrogen-bond acceptors (Lipinski definition) is 2. The van der Waals surface area contributed by atoms with Crippen molar-refractivity contribution in [2.45, 2.75) is 31.6 Å². The lowest BCUT2D eigenvalue weighted by atomic mass is 9.79. The SMILES string of the molecule is O=C1C=CC(=O)C(C2CCC(F)(F)CC2)=C1. The molecule has 0 aliphatic heterocycles. The number of carbonyl (C=O) groups is 2. The molecule has 4 heteroatoms. The minimum absolute atomic E-state index is 0.180. The van der Waals surface area contributed by atoms with Crippen LogP contribution in [0.3, 0.4) is 0 Å². The number of ketones is 2. The van der Waals surface area contributed by atoms with Crippen LogP contribution in [0.25, 0.3) is 0 Å². The molecule has 0 radical (unpaired) electrons. The third-order valence-corrected chi connectivity index (χ3v) is 3.14. The zero-order valence-corrected chi connectivity index (χ0v) is 8.71. The van der Waals surface area contributed by atoms with Crippen LogP contribution in [0, 0.1) is 5.92 Å². The molecule has 0 N–H and O–H groups in total. The lowest BCUT2D eigenvalue weighted by Gasteiger charge is -2.29. The van der Waals surface area contributed by atoms with E-state index in [4.69, 9.17) is 0 Å². The van der Waals surface area contributed by atoms with Gasteiger partial charge < -0.3 is 0 Å².